The van der Waals surface area contributed by atoms with Gasteiger partial charge in [-0.15, -0.1) is 0 Å². The summed E-state index contributed by atoms with van der Waals surface area (Å²) in [7, 11) is -3.96. The van der Waals surface area contributed by atoms with Gasteiger partial charge in [0.05, 0.1) is 16.5 Å². The van der Waals surface area contributed by atoms with Gasteiger partial charge in [-0.25, -0.2) is 12.4 Å². The summed E-state index contributed by atoms with van der Waals surface area (Å²) in [6, 6.07) is 13.6. The maximum absolute atomic E-state index is 13.3. The van der Waals surface area contributed by atoms with E-state index in [1.165, 1.54) is 37.4 Å². The molecule has 194 valence electrons. The molecule has 0 spiro atoms. The highest BCUT2D eigenvalue weighted by atomic mass is 35.5. The van der Waals surface area contributed by atoms with Crippen molar-refractivity contribution >= 4 is 39.0 Å². The topological polar surface area (TPSA) is 78.5 Å². The number of hydrogen-bond acceptors (Lipinski definition) is 5. The number of carbonyl (C=O) groups is 1. The second-order valence-corrected chi connectivity index (χ2v) is 11.6. The van der Waals surface area contributed by atoms with Crippen LogP contribution in [0.2, 0.25) is 10.0 Å². The van der Waals surface area contributed by atoms with Crippen LogP contribution in [-0.2, 0) is 16.4 Å². The standard InChI is InChI=1S/C28H27Cl2NO5S/c1-17-7-9-22(10-8-17)37(33,34)31-12-11-23(29)27(31)24-16-25(28(36-24)20(4)32)35-13-5-6-21-14-18(2)26(30)19(3)15-21/h7-12,14-16H,5-6,13H2,1-4H3. The third-order valence-electron chi connectivity index (χ3n) is 6.00. The number of aryl methyl sites for hydroxylation is 4. The summed E-state index contributed by atoms with van der Waals surface area (Å²) >= 11 is 12.6. The van der Waals surface area contributed by atoms with Crippen molar-refractivity contribution in [3.05, 3.63) is 92.8 Å². The number of halogens is 2. The molecule has 0 amide bonds. The van der Waals surface area contributed by atoms with E-state index in [-0.39, 0.29) is 38.7 Å². The molecule has 0 radical (unpaired) electrons. The predicted octanol–water partition coefficient (Wildman–Crippen LogP) is 7.43. The van der Waals surface area contributed by atoms with E-state index in [1.54, 1.807) is 12.1 Å². The molecule has 4 aromatic rings. The molecule has 2 heterocycles. The number of carbonyl (C=O) groups excluding carboxylic acids is 1. The number of aromatic nitrogens is 1. The lowest BCUT2D eigenvalue weighted by Crippen LogP contribution is -2.13. The Morgan fingerprint density at radius 3 is 2.27 bits per heavy atom. The van der Waals surface area contributed by atoms with E-state index in [0.29, 0.717) is 13.0 Å². The fourth-order valence-corrected chi connectivity index (χ4v) is 5.88. The van der Waals surface area contributed by atoms with E-state index in [4.69, 9.17) is 32.4 Å². The zero-order valence-corrected chi connectivity index (χ0v) is 23.3. The van der Waals surface area contributed by atoms with Gasteiger partial charge in [0, 0.05) is 24.2 Å². The summed E-state index contributed by atoms with van der Waals surface area (Å²) in [4.78, 5) is 12.4. The molecule has 0 N–H and O–H groups in total. The Morgan fingerprint density at radius 2 is 1.65 bits per heavy atom. The van der Waals surface area contributed by atoms with Crippen LogP contribution >= 0.6 is 23.2 Å². The Balaban J connectivity index is 1.58. The highest BCUT2D eigenvalue weighted by Gasteiger charge is 2.27. The maximum atomic E-state index is 13.3. The van der Waals surface area contributed by atoms with Crippen LogP contribution < -0.4 is 4.74 Å². The predicted molar refractivity (Wildman–Crippen MR) is 146 cm³/mol. The molecule has 0 fully saturated rings. The number of benzene rings is 2. The van der Waals surface area contributed by atoms with E-state index in [0.717, 1.165) is 37.7 Å². The highest BCUT2D eigenvalue weighted by Crippen LogP contribution is 2.37. The Labute approximate surface area is 226 Å². The van der Waals surface area contributed by atoms with Gasteiger partial charge in [0.2, 0.25) is 5.76 Å². The number of ether oxygens (including phenoxy) is 1. The number of hydrogen-bond donors (Lipinski definition) is 0. The lowest BCUT2D eigenvalue weighted by molar-refractivity contribution is 0.0982. The van der Waals surface area contributed by atoms with Crippen molar-refractivity contribution in [2.75, 3.05) is 6.61 Å². The van der Waals surface area contributed by atoms with Gasteiger partial charge >= 0.3 is 0 Å². The van der Waals surface area contributed by atoms with Gasteiger partial charge in [0.1, 0.15) is 5.69 Å². The molecule has 4 rings (SSSR count). The molecule has 2 aromatic heterocycles. The summed E-state index contributed by atoms with van der Waals surface area (Å²) in [5, 5.41) is 0.935. The molecular formula is C28H27Cl2NO5S. The van der Waals surface area contributed by atoms with Crippen LogP contribution in [0.3, 0.4) is 0 Å². The quantitative estimate of drug-likeness (QED) is 0.157. The summed E-state index contributed by atoms with van der Waals surface area (Å²) in [6.07, 6.45) is 2.82. The summed E-state index contributed by atoms with van der Waals surface area (Å²) in [5.74, 6) is 0.0166. The Kier molecular flexibility index (Phi) is 7.88. The summed E-state index contributed by atoms with van der Waals surface area (Å²) in [6.45, 7) is 7.51. The Bertz CT molecular complexity index is 1540. The molecular weight excluding hydrogens is 533 g/mol. The van der Waals surface area contributed by atoms with Crippen LogP contribution in [0.15, 0.2) is 64.0 Å². The van der Waals surface area contributed by atoms with Crippen molar-refractivity contribution < 1.29 is 22.4 Å². The first-order valence-electron chi connectivity index (χ1n) is 11.7. The molecule has 0 atom stereocenters. The van der Waals surface area contributed by atoms with Crippen molar-refractivity contribution in [2.45, 2.75) is 45.4 Å². The lowest BCUT2D eigenvalue weighted by Gasteiger charge is -2.10. The zero-order chi connectivity index (χ0) is 26.9. The first-order valence-corrected chi connectivity index (χ1v) is 13.9. The van der Waals surface area contributed by atoms with Gasteiger partial charge in [-0.1, -0.05) is 53.0 Å². The minimum absolute atomic E-state index is 0.00438. The monoisotopic (exact) mass is 559 g/mol. The molecule has 0 aliphatic heterocycles. The Hall–Kier alpha value is -3.00. The largest absolute Gasteiger partial charge is 0.489 e. The van der Waals surface area contributed by atoms with E-state index in [2.05, 4.69) is 12.1 Å². The van der Waals surface area contributed by atoms with Gasteiger partial charge in [0.25, 0.3) is 10.0 Å². The van der Waals surface area contributed by atoms with Crippen LogP contribution in [0.1, 0.15) is 46.2 Å². The summed E-state index contributed by atoms with van der Waals surface area (Å²) < 4.78 is 39.4. The average Bonchev–Trinajstić information content (AvgIpc) is 3.44. The highest BCUT2D eigenvalue weighted by molar-refractivity contribution is 7.90. The molecule has 9 heteroatoms. The van der Waals surface area contributed by atoms with Crippen molar-refractivity contribution in [3.8, 4) is 17.2 Å². The molecule has 37 heavy (non-hydrogen) atoms. The van der Waals surface area contributed by atoms with E-state index < -0.39 is 10.0 Å². The number of Topliss-reactive ketones (excluding diaryl/α,β-unsaturated/α-hetero) is 1. The third kappa shape index (κ3) is 5.64. The van der Waals surface area contributed by atoms with E-state index in [1.807, 2.05) is 20.8 Å². The smallest absolute Gasteiger partial charge is 0.268 e. The van der Waals surface area contributed by atoms with Crippen molar-refractivity contribution in [3.63, 3.8) is 0 Å². The normalized spacial score (nSPS) is 11.6. The van der Waals surface area contributed by atoms with Gasteiger partial charge in [-0.3, -0.25) is 4.79 Å². The number of furan rings is 1. The number of ketones is 1. The second kappa shape index (κ2) is 10.8. The van der Waals surface area contributed by atoms with Crippen molar-refractivity contribution in [1.82, 2.24) is 3.97 Å². The molecule has 0 saturated heterocycles. The molecule has 0 bridgehead atoms. The average molecular weight is 560 g/mol. The first-order chi connectivity index (χ1) is 17.5. The summed E-state index contributed by atoms with van der Waals surface area (Å²) in [5.41, 5.74) is 4.25. The van der Waals surface area contributed by atoms with Gasteiger partial charge in [-0.05, 0) is 68.5 Å². The molecule has 0 unspecified atom stereocenters. The van der Waals surface area contributed by atoms with Crippen LogP contribution in [0, 0.1) is 20.8 Å². The van der Waals surface area contributed by atoms with Crippen molar-refractivity contribution in [2.24, 2.45) is 0 Å². The zero-order valence-electron chi connectivity index (χ0n) is 21.0. The van der Waals surface area contributed by atoms with E-state index >= 15 is 0 Å². The molecule has 0 aliphatic rings. The van der Waals surface area contributed by atoms with Crippen LogP contribution in [-0.4, -0.2) is 24.8 Å². The van der Waals surface area contributed by atoms with Crippen LogP contribution in [0.5, 0.6) is 5.75 Å². The van der Waals surface area contributed by atoms with Gasteiger partial charge in [-0.2, -0.15) is 0 Å². The molecule has 2 aromatic carbocycles. The maximum Gasteiger partial charge on any atom is 0.268 e. The SMILES string of the molecule is CC(=O)c1oc(-c2c(Cl)ccn2S(=O)(=O)c2ccc(C)cc2)cc1OCCCc1cc(C)c(Cl)c(C)c1. The minimum atomic E-state index is -3.96. The molecule has 0 saturated carbocycles. The van der Waals surface area contributed by atoms with Crippen molar-refractivity contribution in [1.29, 1.82) is 0 Å². The first kappa shape index (κ1) is 27.0. The fraction of sp³-hybridized carbons (Fsp3) is 0.250. The minimum Gasteiger partial charge on any atom is -0.489 e. The second-order valence-electron chi connectivity index (χ2n) is 8.98. The Morgan fingerprint density at radius 1 is 1.00 bits per heavy atom. The van der Waals surface area contributed by atoms with Crippen LogP contribution in [0.4, 0.5) is 0 Å². The number of rotatable bonds is 9. The lowest BCUT2D eigenvalue weighted by atomic mass is 10.0. The van der Waals surface area contributed by atoms with E-state index in [9.17, 15) is 13.2 Å². The molecule has 6 nitrogen and oxygen atoms in total. The number of nitrogens with zero attached hydrogens (tertiary/aromatic N) is 1. The van der Waals surface area contributed by atoms with Gasteiger partial charge in [0.15, 0.2) is 17.3 Å². The fourth-order valence-electron chi connectivity index (χ4n) is 4.12. The molecule has 0 aliphatic carbocycles. The third-order valence-corrected chi connectivity index (χ3v) is 8.59. The van der Waals surface area contributed by atoms with Crippen LogP contribution in [0.25, 0.3) is 11.5 Å². The van der Waals surface area contributed by atoms with Gasteiger partial charge < -0.3 is 9.15 Å².